The average Bonchev–Trinajstić information content (AvgIpc) is 2.76. The highest BCUT2D eigenvalue weighted by atomic mass is 16.1. The van der Waals surface area contributed by atoms with E-state index in [1.807, 2.05) is 18.2 Å². The van der Waals surface area contributed by atoms with Gasteiger partial charge in [0.1, 0.15) is 0 Å². The second-order valence-electron chi connectivity index (χ2n) is 5.20. The van der Waals surface area contributed by atoms with E-state index in [4.69, 9.17) is 0 Å². The summed E-state index contributed by atoms with van der Waals surface area (Å²) in [7, 11) is 0. The minimum atomic E-state index is -0.0571. The van der Waals surface area contributed by atoms with Crippen molar-refractivity contribution in [2.45, 2.75) is 26.3 Å². The molecule has 0 aromatic heterocycles. The van der Waals surface area contributed by atoms with Gasteiger partial charge in [0.2, 0.25) is 5.91 Å². The first-order valence-electron chi connectivity index (χ1n) is 6.94. The highest BCUT2D eigenvalue weighted by Gasteiger charge is 2.18. The van der Waals surface area contributed by atoms with E-state index in [1.165, 1.54) is 12.5 Å². The van der Waals surface area contributed by atoms with Crippen LogP contribution in [-0.4, -0.2) is 37.4 Å². The summed E-state index contributed by atoms with van der Waals surface area (Å²) in [5, 5.41) is 9.08. The number of ketones is 1. The number of rotatable bonds is 6. The first-order valence-corrected chi connectivity index (χ1v) is 6.94. The Morgan fingerprint density at radius 3 is 2.90 bits per heavy atom. The summed E-state index contributed by atoms with van der Waals surface area (Å²) in [6, 6.07) is 6.25. The molecule has 1 aromatic carbocycles. The summed E-state index contributed by atoms with van der Waals surface area (Å²) in [5.41, 5.74) is 3.08. The lowest BCUT2D eigenvalue weighted by atomic mass is 10.0. The van der Waals surface area contributed by atoms with Gasteiger partial charge in [-0.3, -0.25) is 9.59 Å². The van der Waals surface area contributed by atoms with Crippen molar-refractivity contribution < 1.29 is 9.59 Å². The number of fused-ring (bicyclic) bond motifs is 1. The van der Waals surface area contributed by atoms with Gasteiger partial charge < -0.3 is 16.0 Å². The van der Waals surface area contributed by atoms with Gasteiger partial charge in [0, 0.05) is 37.3 Å². The fourth-order valence-electron chi connectivity index (χ4n) is 2.35. The fourth-order valence-corrected chi connectivity index (χ4v) is 2.35. The molecule has 1 amide bonds. The van der Waals surface area contributed by atoms with Crippen LogP contribution < -0.4 is 16.0 Å². The molecule has 0 saturated carbocycles. The summed E-state index contributed by atoms with van der Waals surface area (Å²) >= 11 is 0. The van der Waals surface area contributed by atoms with Gasteiger partial charge in [0.25, 0.3) is 0 Å². The molecule has 0 aliphatic carbocycles. The van der Waals surface area contributed by atoms with Gasteiger partial charge >= 0.3 is 0 Å². The van der Waals surface area contributed by atoms with Crippen molar-refractivity contribution in [1.82, 2.24) is 10.6 Å². The standard InChI is InChI=1S/C15H21N3O2/c1-10-7-13-8-12(3-4-14(13)18-10)15(20)9-16-5-6-17-11(2)19/h3-4,8,10,16,18H,5-7,9H2,1-2H3,(H,17,19). The van der Waals surface area contributed by atoms with E-state index >= 15 is 0 Å². The minimum Gasteiger partial charge on any atom is -0.382 e. The lowest BCUT2D eigenvalue weighted by Crippen LogP contribution is -2.32. The molecule has 0 radical (unpaired) electrons. The summed E-state index contributed by atoms with van der Waals surface area (Å²) < 4.78 is 0. The molecule has 1 aliphatic heterocycles. The zero-order valence-electron chi connectivity index (χ0n) is 12.0. The van der Waals surface area contributed by atoms with Crippen molar-refractivity contribution in [3.63, 3.8) is 0 Å². The summed E-state index contributed by atoms with van der Waals surface area (Å²) in [6.45, 7) is 5.03. The van der Waals surface area contributed by atoms with Crippen molar-refractivity contribution in [2.24, 2.45) is 0 Å². The Morgan fingerprint density at radius 1 is 1.35 bits per heavy atom. The molecule has 108 valence electrons. The van der Waals surface area contributed by atoms with Crippen molar-refractivity contribution in [2.75, 3.05) is 25.0 Å². The fraction of sp³-hybridized carbons (Fsp3) is 0.467. The average molecular weight is 275 g/mol. The number of carbonyl (C=O) groups is 2. The maximum atomic E-state index is 12.1. The Labute approximate surface area is 119 Å². The molecule has 1 aliphatic rings. The normalized spacial score (nSPS) is 16.4. The predicted octanol–water partition coefficient (Wildman–Crippen LogP) is 0.951. The highest BCUT2D eigenvalue weighted by Crippen LogP contribution is 2.26. The van der Waals surface area contributed by atoms with E-state index in [0.29, 0.717) is 25.7 Å². The zero-order valence-corrected chi connectivity index (χ0v) is 12.0. The molecule has 0 fully saturated rings. The number of hydrogen-bond acceptors (Lipinski definition) is 4. The van der Waals surface area contributed by atoms with Crippen LogP contribution >= 0.6 is 0 Å². The zero-order chi connectivity index (χ0) is 14.5. The molecule has 5 nitrogen and oxygen atoms in total. The Morgan fingerprint density at radius 2 is 2.15 bits per heavy atom. The maximum absolute atomic E-state index is 12.1. The molecule has 1 aromatic rings. The molecule has 0 spiro atoms. The maximum Gasteiger partial charge on any atom is 0.216 e. The number of carbonyl (C=O) groups excluding carboxylic acids is 2. The molecule has 1 atom stereocenters. The third kappa shape index (κ3) is 3.81. The molecule has 20 heavy (non-hydrogen) atoms. The number of Topliss-reactive ketones (excluding diaryl/α,β-unsaturated/α-hetero) is 1. The van der Waals surface area contributed by atoms with Crippen LogP contribution in [0.2, 0.25) is 0 Å². The second kappa shape index (κ2) is 6.52. The number of nitrogens with one attached hydrogen (secondary N) is 3. The lowest BCUT2D eigenvalue weighted by molar-refractivity contribution is -0.118. The van der Waals surface area contributed by atoms with Crippen LogP contribution in [0.3, 0.4) is 0 Å². The number of hydrogen-bond donors (Lipinski definition) is 3. The van der Waals surface area contributed by atoms with E-state index < -0.39 is 0 Å². The van der Waals surface area contributed by atoms with Gasteiger partial charge in [-0.15, -0.1) is 0 Å². The summed E-state index contributed by atoms with van der Waals surface area (Å²) in [5.74, 6) is 0.0218. The third-order valence-corrected chi connectivity index (χ3v) is 3.32. The Bertz CT molecular complexity index is 514. The number of amides is 1. The molecule has 0 saturated heterocycles. The van der Waals surface area contributed by atoms with Crippen molar-refractivity contribution in [3.05, 3.63) is 29.3 Å². The van der Waals surface area contributed by atoms with Crippen LogP contribution in [0, 0.1) is 0 Å². The van der Waals surface area contributed by atoms with Crippen LogP contribution in [-0.2, 0) is 11.2 Å². The first kappa shape index (κ1) is 14.5. The van der Waals surface area contributed by atoms with Crippen molar-refractivity contribution in [1.29, 1.82) is 0 Å². The third-order valence-electron chi connectivity index (χ3n) is 3.32. The van der Waals surface area contributed by atoms with Crippen LogP contribution in [0.25, 0.3) is 0 Å². The minimum absolute atomic E-state index is 0.0571. The van der Waals surface area contributed by atoms with Gasteiger partial charge in [-0.1, -0.05) is 0 Å². The van der Waals surface area contributed by atoms with Gasteiger partial charge in [-0.2, -0.15) is 0 Å². The van der Waals surface area contributed by atoms with Gasteiger partial charge in [-0.05, 0) is 37.1 Å². The molecule has 1 unspecified atom stereocenters. The molecule has 2 rings (SSSR count). The number of anilines is 1. The molecule has 5 heteroatoms. The topological polar surface area (TPSA) is 70.2 Å². The highest BCUT2D eigenvalue weighted by molar-refractivity contribution is 5.98. The Hall–Kier alpha value is -1.88. The van der Waals surface area contributed by atoms with Crippen LogP contribution in [0.5, 0.6) is 0 Å². The van der Waals surface area contributed by atoms with Crippen molar-refractivity contribution in [3.8, 4) is 0 Å². The van der Waals surface area contributed by atoms with E-state index in [2.05, 4.69) is 22.9 Å². The monoisotopic (exact) mass is 275 g/mol. The molecule has 0 bridgehead atoms. The first-order chi connectivity index (χ1) is 9.56. The van der Waals surface area contributed by atoms with Crippen LogP contribution in [0.15, 0.2) is 18.2 Å². The molecular weight excluding hydrogens is 254 g/mol. The quantitative estimate of drug-likeness (QED) is 0.534. The second-order valence-corrected chi connectivity index (χ2v) is 5.20. The van der Waals surface area contributed by atoms with Gasteiger partial charge in [0.05, 0.1) is 6.54 Å². The smallest absolute Gasteiger partial charge is 0.216 e. The molecule has 3 N–H and O–H groups in total. The van der Waals surface area contributed by atoms with E-state index in [0.717, 1.165) is 17.7 Å². The Balaban J connectivity index is 1.81. The van der Waals surface area contributed by atoms with Gasteiger partial charge in [-0.25, -0.2) is 0 Å². The molecule has 1 heterocycles. The largest absolute Gasteiger partial charge is 0.382 e. The lowest BCUT2D eigenvalue weighted by Gasteiger charge is -2.06. The van der Waals surface area contributed by atoms with Crippen LogP contribution in [0.1, 0.15) is 29.8 Å². The summed E-state index contributed by atoms with van der Waals surface area (Å²) in [6.07, 6.45) is 0.965. The van der Waals surface area contributed by atoms with E-state index in [9.17, 15) is 9.59 Å². The van der Waals surface area contributed by atoms with Gasteiger partial charge in [0.15, 0.2) is 5.78 Å². The van der Waals surface area contributed by atoms with E-state index in [1.54, 1.807) is 0 Å². The SMILES string of the molecule is CC(=O)NCCNCC(=O)c1ccc2c(c1)CC(C)N2. The number of benzene rings is 1. The van der Waals surface area contributed by atoms with Crippen LogP contribution in [0.4, 0.5) is 5.69 Å². The Kier molecular flexibility index (Phi) is 4.74. The molecular formula is C15H21N3O2. The van der Waals surface area contributed by atoms with E-state index in [-0.39, 0.29) is 11.7 Å². The summed E-state index contributed by atoms with van der Waals surface area (Å²) in [4.78, 5) is 22.7. The predicted molar refractivity (Wildman–Crippen MR) is 79.1 cm³/mol. The van der Waals surface area contributed by atoms with Crippen molar-refractivity contribution >= 4 is 17.4 Å².